The van der Waals surface area contributed by atoms with Gasteiger partial charge in [-0.05, 0) is 31.5 Å². The summed E-state index contributed by atoms with van der Waals surface area (Å²) in [6.45, 7) is 8.18. The van der Waals surface area contributed by atoms with Gasteiger partial charge in [-0.2, -0.15) is 0 Å². The van der Waals surface area contributed by atoms with Gasteiger partial charge >= 0.3 is 0 Å². The molecule has 0 radical (unpaired) electrons. The molecule has 0 bridgehead atoms. The number of benzene rings is 1. The summed E-state index contributed by atoms with van der Waals surface area (Å²) in [6, 6.07) is 7.92. The van der Waals surface area contributed by atoms with Gasteiger partial charge in [-0.25, -0.2) is 0 Å². The van der Waals surface area contributed by atoms with Crippen LogP contribution in [0.4, 0.5) is 0 Å². The molecule has 0 saturated carbocycles. The van der Waals surface area contributed by atoms with Gasteiger partial charge in [0, 0.05) is 5.41 Å². The third-order valence-electron chi connectivity index (χ3n) is 2.38. The highest BCUT2D eigenvalue weighted by molar-refractivity contribution is 5.33. The number of hydrogen-bond donors (Lipinski definition) is 1. The van der Waals surface area contributed by atoms with E-state index in [-0.39, 0.29) is 18.1 Å². The minimum atomic E-state index is -0.212. The Kier molecular flexibility index (Phi) is 3.75. The van der Waals surface area contributed by atoms with E-state index >= 15 is 0 Å². The lowest BCUT2D eigenvalue weighted by molar-refractivity contribution is 0.216. The quantitative estimate of drug-likeness (QED) is 0.824. The second kappa shape index (κ2) is 4.67. The zero-order valence-corrected chi connectivity index (χ0v) is 9.95. The van der Waals surface area contributed by atoms with Crippen molar-refractivity contribution in [3.05, 3.63) is 29.8 Å². The molecular weight excluding hydrogens is 188 g/mol. The van der Waals surface area contributed by atoms with E-state index in [1.165, 1.54) is 0 Å². The normalized spacial score (nSPS) is 11.9. The lowest BCUT2D eigenvalue weighted by atomic mass is 9.85. The summed E-state index contributed by atoms with van der Waals surface area (Å²) in [5.74, 6) is 0.865. The van der Waals surface area contributed by atoms with Crippen molar-refractivity contribution in [1.29, 1.82) is 0 Å². The van der Waals surface area contributed by atoms with Crippen molar-refractivity contribution in [1.82, 2.24) is 0 Å². The van der Waals surface area contributed by atoms with Crippen LogP contribution in [0.5, 0.6) is 5.75 Å². The smallest absolute Gasteiger partial charge is 0.119 e. The van der Waals surface area contributed by atoms with Gasteiger partial charge in [0.15, 0.2) is 0 Å². The van der Waals surface area contributed by atoms with Crippen LogP contribution in [0.3, 0.4) is 0 Å². The van der Waals surface area contributed by atoms with E-state index in [4.69, 9.17) is 4.74 Å². The van der Waals surface area contributed by atoms with Crippen molar-refractivity contribution in [3.63, 3.8) is 0 Å². The van der Waals surface area contributed by atoms with Gasteiger partial charge in [-0.1, -0.05) is 26.0 Å². The summed E-state index contributed by atoms with van der Waals surface area (Å²) in [4.78, 5) is 0. The zero-order chi connectivity index (χ0) is 11.5. The molecule has 0 aromatic heterocycles. The van der Waals surface area contributed by atoms with Crippen LogP contribution in [0.1, 0.15) is 33.3 Å². The Morgan fingerprint density at radius 2 is 2.00 bits per heavy atom. The molecule has 0 aliphatic heterocycles. The molecule has 84 valence electrons. The van der Waals surface area contributed by atoms with Crippen LogP contribution in [-0.2, 0) is 5.41 Å². The number of aliphatic hydroxyl groups excluding tert-OH is 1. The fraction of sp³-hybridized carbons (Fsp3) is 0.538. The van der Waals surface area contributed by atoms with Crippen molar-refractivity contribution >= 4 is 0 Å². The third-order valence-corrected chi connectivity index (χ3v) is 2.38. The predicted octanol–water partition coefficient (Wildman–Crippen LogP) is 2.74. The third kappa shape index (κ3) is 3.24. The molecule has 0 heterocycles. The van der Waals surface area contributed by atoms with E-state index in [0.717, 1.165) is 11.3 Å². The van der Waals surface area contributed by atoms with E-state index in [1.807, 2.05) is 52.0 Å². The highest BCUT2D eigenvalue weighted by atomic mass is 16.5. The van der Waals surface area contributed by atoms with Crippen molar-refractivity contribution < 1.29 is 9.84 Å². The Hall–Kier alpha value is -1.02. The molecule has 0 unspecified atom stereocenters. The molecule has 15 heavy (non-hydrogen) atoms. The van der Waals surface area contributed by atoms with Gasteiger partial charge in [0.25, 0.3) is 0 Å². The summed E-state index contributed by atoms with van der Waals surface area (Å²) in [6.07, 6.45) is 0.178. The van der Waals surface area contributed by atoms with Crippen molar-refractivity contribution in [3.8, 4) is 5.75 Å². The first-order valence-corrected chi connectivity index (χ1v) is 5.34. The van der Waals surface area contributed by atoms with E-state index in [9.17, 15) is 5.11 Å². The molecular formula is C13H20O2. The second-order valence-electron chi connectivity index (χ2n) is 4.74. The maximum absolute atomic E-state index is 9.28. The topological polar surface area (TPSA) is 29.5 Å². The second-order valence-corrected chi connectivity index (χ2v) is 4.74. The summed E-state index contributed by atoms with van der Waals surface area (Å²) >= 11 is 0. The van der Waals surface area contributed by atoms with Gasteiger partial charge in [0.2, 0.25) is 0 Å². The molecule has 0 atom stereocenters. The molecule has 1 rings (SSSR count). The molecule has 0 aliphatic rings. The molecule has 1 aromatic rings. The van der Waals surface area contributed by atoms with E-state index in [0.29, 0.717) is 0 Å². The SMILES string of the molecule is CC(C)Oc1cccc(C(C)(C)CO)c1. The van der Waals surface area contributed by atoms with Crippen LogP contribution in [0, 0.1) is 0 Å². The molecule has 2 nitrogen and oxygen atoms in total. The molecule has 2 heteroatoms. The Balaban J connectivity index is 2.92. The summed E-state index contributed by atoms with van der Waals surface area (Å²) in [5, 5.41) is 9.28. The highest BCUT2D eigenvalue weighted by Gasteiger charge is 2.19. The fourth-order valence-electron chi connectivity index (χ4n) is 1.35. The van der Waals surface area contributed by atoms with Crippen molar-refractivity contribution in [2.24, 2.45) is 0 Å². The Morgan fingerprint density at radius 3 is 2.53 bits per heavy atom. The largest absolute Gasteiger partial charge is 0.491 e. The minimum absolute atomic E-state index is 0.137. The van der Waals surface area contributed by atoms with E-state index in [1.54, 1.807) is 0 Å². The van der Waals surface area contributed by atoms with Crippen LogP contribution in [0.25, 0.3) is 0 Å². The van der Waals surface area contributed by atoms with E-state index in [2.05, 4.69) is 0 Å². The van der Waals surface area contributed by atoms with Crippen molar-refractivity contribution in [2.75, 3.05) is 6.61 Å². The zero-order valence-electron chi connectivity index (χ0n) is 9.95. The maximum atomic E-state index is 9.28. The number of hydrogen-bond acceptors (Lipinski definition) is 2. The first kappa shape index (κ1) is 12.1. The standard InChI is InChI=1S/C13H20O2/c1-10(2)15-12-7-5-6-11(8-12)13(3,4)9-14/h5-8,10,14H,9H2,1-4H3. The fourth-order valence-corrected chi connectivity index (χ4v) is 1.35. The molecule has 0 saturated heterocycles. The summed E-state index contributed by atoms with van der Waals surface area (Å²) < 4.78 is 5.61. The number of ether oxygens (including phenoxy) is 1. The Bertz CT molecular complexity index is 316. The molecule has 0 amide bonds. The molecule has 0 fully saturated rings. The molecule has 1 aromatic carbocycles. The van der Waals surface area contributed by atoms with E-state index < -0.39 is 0 Å². The maximum Gasteiger partial charge on any atom is 0.119 e. The lowest BCUT2D eigenvalue weighted by Crippen LogP contribution is -2.22. The minimum Gasteiger partial charge on any atom is -0.491 e. The Labute approximate surface area is 91.9 Å². The predicted molar refractivity (Wildman–Crippen MR) is 62.3 cm³/mol. The first-order chi connectivity index (χ1) is 6.95. The number of rotatable bonds is 4. The first-order valence-electron chi connectivity index (χ1n) is 5.34. The van der Waals surface area contributed by atoms with Gasteiger partial charge in [0.05, 0.1) is 12.7 Å². The summed E-state index contributed by atoms with van der Waals surface area (Å²) in [5.41, 5.74) is 0.888. The monoisotopic (exact) mass is 208 g/mol. The lowest BCUT2D eigenvalue weighted by Gasteiger charge is -2.23. The van der Waals surface area contributed by atoms with Crippen LogP contribution < -0.4 is 4.74 Å². The molecule has 0 spiro atoms. The highest BCUT2D eigenvalue weighted by Crippen LogP contribution is 2.26. The summed E-state index contributed by atoms with van der Waals surface area (Å²) in [7, 11) is 0. The van der Waals surface area contributed by atoms with Gasteiger partial charge in [0.1, 0.15) is 5.75 Å². The van der Waals surface area contributed by atoms with Crippen molar-refractivity contribution in [2.45, 2.75) is 39.2 Å². The van der Waals surface area contributed by atoms with Gasteiger partial charge < -0.3 is 9.84 Å². The number of aliphatic hydroxyl groups is 1. The molecule has 0 aliphatic carbocycles. The van der Waals surface area contributed by atoms with Crippen LogP contribution >= 0.6 is 0 Å². The van der Waals surface area contributed by atoms with Gasteiger partial charge in [-0.15, -0.1) is 0 Å². The Morgan fingerprint density at radius 1 is 1.33 bits per heavy atom. The average molecular weight is 208 g/mol. The van der Waals surface area contributed by atoms with Crippen LogP contribution in [0.15, 0.2) is 24.3 Å². The van der Waals surface area contributed by atoms with Crippen LogP contribution in [0.2, 0.25) is 0 Å². The molecule has 1 N–H and O–H groups in total. The average Bonchev–Trinajstić information content (AvgIpc) is 2.17. The van der Waals surface area contributed by atoms with Crippen LogP contribution in [-0.4, -0.2) is 17.8 Å². The van der Waals surface area contributed by atoms with Gasteiger partial charge in [-0.3, -0.25) is 0 Å².